The number of aryl methyl sites for hydroxylation is 1. The smallest absolute Gasteiger partial charge is 0.223 e. The fourth-order valence-corrected chi connectivity index (χ4v) is 3.65. The number of piperidine rings is 1. The van der Waals surface area contributed by atoms with Gasteiger partial charge in [-0.3, -0.25) is 4.79 Å². The Bertz CT molecular complexity index is 547. The van der Waals surface area contributed by atoms with E-state index >= 15 is 0 Å². The van der Waals surface area contributed by atoms with Crippen molar-refractivity contribution in [3.05, 3.63) is 17.7 Å². The molecule has 2 aliphatic rings. The number of aromatic nitrogens is 2. The van der Waals surface area contributed by atoms with E-state index in [0.29, 0.717) is 12.6 Å². The molecule has 1 atom stereocenters. The number of rotatable bonds is 4. The quantitative estimate of drug-likeness (QED) is 0.769. The van der Waals surface area contributed by atoms with Crippen LogP contribution in [0.2, 0.25) is 0 Å². The zero-order chi connectivity index (χ0) is 16.4. The Morgan fingerprint density at radius 1 is 1.52 bits per heavy atom. The maximum Gasteiger partial charge on any atom is 0.223 e. The minimum Gasteiger partial charge on any atom is -0.388 e. The number of hydrogen-bond acceptors (Lipinski definition) is 4. The Balaban J connectivity index is 1.48. The number of imidazole rings is 1. The second kappa shape index (κ2) is 6.61. The minimum atomic E-state index is -0.755. The third kappa shape index (κ3) is 3.75. The molecule has 3 rings (SSSR count). The van der Waals surface area contributed by atoms with Crippen LogP contribution in [0.1, 0.15) is 44.5 Å². The van der Waals surface area contributed by atoms with E-state index in [2.05, 4.69) is 34.0 Å². The normalized spacial score (nSPS) is 24.4. The van der Waals surface area contributed by atoms with Crippen LogP contribution in [-0.4, -0.2) is 57.2 Å². The fourth-order valence-electron chi connectivity index (χ4n) is 3.65. The lowest BCUT2D eigenvalue weighted by molar-refractivity contribution is -0.127. The van der Waals surface area contributed by atoms with Gasteiger partial charge in [0.2, 0.25) is 5.91 Å². The molecule has 1 amide bonds. The molecule has 0 aromatic carbocycles. The number of amides is 1. The molecule has 2 heterocycles. The summed E-state index contributed by atoms with van der Waals surface area (Å²) in [4.78, 5) is 22.2. The molecule has 1 saturated heterocycles. The van der Waals surface area contributed by atoms with E-state index in [9.17, 15) is 9.90 Å². The standard InChI is InChI=1S/C17H28N4O2/c1-12(2)21-7-5-17(23,6-8-21)10-18-16(22)13-3-4-14-15(9-13)20-11-19-14/h11-13,23H,3-10H2,1-2H3,(H,18,22)(H,19,20). The molecule has 6 nitrogen and oxygen atoms in total. The molecule has 23 heavy (non-hydrogen) atoms. The monoisotopic (exact) mass is 320 g/mol. The van der Waals surface area contributed by atoms with Crippen LogP contribution >= 0.6 is 0 Å². The number of carbonyl (C=O) groups excluding carboxylic acids is 1. The average molecular weight is 320 g/mol. The number of nitrogens with zero attached hydrogens (tertiary/aromatic N) is 2. The molecule has 1 fully saturated rings. The number of H-pyrrole nitrogens is 1. The van der Waals surface area contributed by atoms with Crippen molar-refractivity contribution in [3.8, 4) is 0 Å². The average Bonchev–Trinajstić information content (AvgIpc) is 3.00. The highest BCUT2D eigenvalue weighted by molar-refractivity contribution is 5.79. The highest BCUT2D eigenvalue weighted by atomic mass is 16.3. The minimum absolute atomic E-state index is 0.0118. The summed E-state index contributed by atoms with van der Waals surface area (Å²) in [6, 6.07) is 0.514. The molecule has 1 aromatic heterocycles. The van der Waals surface area contributed by atoms with Crippen molar-refractivity contribution in [3.63, 3.8) is 0 Å². The molecule has 0 radical (unpaired) electrons. The first-order valence-corrected chi connectivity index (χ1v) is 8.72. The molecular weight excluding hydrogens is 292 g/mol. The van der Waals surface area contributed by atoms with E-state index < -0.39 is 5.60 Å². The summed E-state index contributed by atoms with van der Waals surface area (Å²) in [6.07, 6.45) is 5.56. The van der Waals surface area contributed by atoms with Gasteiger partial charge in [-0.05, 0) is 39.5 Å². The lowest BCUT2D eigenvalue weighted by Crippen LogP contribution is -2.53. The first-order valence-electron chi connectivity index (χ1n) is 8.72. The molecule has 1 aromatic rings. The zero-order valence-electron chi connectivity index (χ0n) is 14.1. The molecule has 3 N–H and O–H groups in total. The van der Waals surface area contributed by atoms with Crippen LogP contribution in [-0.2, 0) is 17.6 Å². The maximum atomic E-state index is 12.4. The van der Waals surface area contributed by atoms with Crippen LogP contribution in [0.3, 0.4) is 0 Å². The Morgan fingerprint density at radius 2 is 2.26 bits per heavy atom. The first-order chi connectivity index (χ1) is 11.0. The zero-order valence-corrected chi connectivity index (χ0v) is 14.1. The molecule has 6 heteroatoms. The van der Waals surface area contributed by atoms with Gasteiger partial charge in [0.25, 0.3) is 0 Å². The van der Waals surface area contributed by atoms with Crippen LogP contribution in [0, 0.1) is 5.92 Å². The van der Waals surface area contributed by atoms with Crippen molar-refractivity contribution in [2.75, 3.05) is 19.6 Å². The van der Waals surface area contributed by atoms with Gasteiger partial charge in [-0.2, -0.15) is 0 Å². The van der Waals surface area contributed by atoms with Crippen LogP contribution < -0.4 is 5.32 Å². The maximum absolute atomic E-state index is 12.4. The molecule has 1 unspecified atom stereocenters. The van der Waals surface area contributed by atoms with Crippen LogP contribution in [0.4, 0.5) is 0 Å². The van der Waals surface area contributed by atoms with Crippen molar-refractivity contribution < 1.29 is 9.90 Å². The van der Waals surface area contributed by atoms with Gasteiger partial charge in [0, 0.05) is 43.7 Å². The van der Waals surface area contributed by atoms with Gasteiger partial charge in [-0.15, -0.1) is 0 Å². The Labute approximate surface area is 137 Å². The molecular formula is C17H28N4O2. The summed E-state index contributed by atoms with van der Waals surface area (Å²) in [5, 5.41) is 13.7. The highest BCUT2D eigenvalue weighted by Gasteiger charge is 2.34. The van der Waals surface area contributed by atoms with Gasteiger partial charge in [0.05, 0.1) is 17.6 Å². The lowest BCUT2D eigenvalue weighted by atomic mass is 9.88. The predicted molar refractivity (Wildman–Crippen MR) is 88.0 cm³/mol. The Morgan fingerprint density at radius 3 is 2.96 bits per heavy atom. The number of aromatic amines is 1. The molecule has 1 aliphatic carbocycles. The molecule has 0 bridgehead atoms. The summed E-state index contributed by atoms with van der Waals surface area (Å²) < 4.78 is 0. The number of likely N-dealkylation sites (tertiary alicyclic amines) is 1. The second-order valence-corrected chi connectivity index (χ2v) is 7.34. The predicted octanol–water partition coefficient (Wildman–Crippen LogP) is 0.866. The van der Waals surface area contributed by atoms with Crippen molar-refractivity contribution in [2.45, 2.75) is 57.6 Å². The molecule has 0 spiro atoms. The molecule has 128 valence electrons. The highest BCUT2D eigenvalue weighted by Crippen LogP contribution is 2.25. The number of carbonyl (C=O) groups is 1. The summed E-state index contributed by atoms with van der Waals surface area (Å²) in [5.41, 5.74) is 1.42. The summed E-state index contributed by atoms with van der Waals surface area (Å²) >= 11 is 0. The van der Waals surface area contributed by atoms with Crippen LogP contribution in [0.5, 0.6) is 0 Å². The third-order valence-electron chi connectivity index (χ3n) is 5.41. The van der Waals surface area contributed by atoms with Crippen molar-refractivity contribution >= 4 is 5.91 Å². The molecule has 0 saturated carbocycles. The molecule has 1 aliphatic heterocycles. The van der Waals surface area contributed by atoms with E-state index in [0.717, 1.165) is 56.6 Å². The number of hydrogen-bond donors (Lipinski definition) is 3. The van der Waals surface area contributed by atoms with Gasteiger partial charge in [-0.1, -0.05) is 0 Å². The first kappa shape index (κ1) is 16.5. The third-order valence-corrected chi connectivity index (χ3v) is 5.41. The SMILES string of the molecule is CC(C)N1CCC(O)(CNC(=O)C2CCc3nc[nH]c3C2)CC1. The Hall–Kier alpha value is -1.40. The largest absolute Gasteiger partial charge is 0.388 e. The van der Waals surface area contributed by atoms with Gasteiger partial charge in [-0.25, -0.2) is 4.98 Å². The second-order valence-electron chi connectivity index (χ2n) is 7.34. The van der Waals surface area contributed by atoms with Gasteiger partial charge >= 0.3 is 0 Å². The fraction of sp³-hybridized carbons (Fsp3) is 0.765. The van der Waals surface area contributed by atoms with E-state index in [-0.39, 0.29) is 11.8 Å². The van der Waals surface area contributed by atoms with Crippen molar-refractivity contribution in [1.82, 2.24) is 20.2 Å². The topological polar surface area (TPSA) is 81.2 Å². The number of fused-ring (bicyclic) bond motifs is 1. The van der Waals surface area contributed by atoms with Gasteiger partial charge in [0.15, 0.2) is 0 Å². The van der Waals surface area contributed by atoms with Gasteiger partial charge < -0.3 is 20.3 Å². The van der Waals surface area contributed by atoms with E-state index in [1.807, 2.05) is 0 Å². The van der Waals surface area contributed by atoms with Crippen LogP contribution in [0.15, 0.2) is 6.33 Å². The van der Waals surface area contributed by atoms with Crippen LogP contribution in [0.25, 0.3) is 0 Å². The van der Waals surface area contributed by atoms with Crippen molar-refractivity contribution in [2.24, 2.45) is 5.92 Å². The lowest BCUT2D eigenvalue weighted by Gasteiger charge is -2.40. The summed E-state index contributed by atoms with van der Waals surface area (Å²) in [6.45, 7) is 6.51. The van der Waals surface area contributed by atoms with E-state index in [1.165, 1.54) is 0 Å². The van der Waals surface area contributed by atoms with Crippen molar-refractivity contribution in [1.29, 1.82) is 0 Å². The number of nitrogens with one attached hydrogen (secondary N) is 2. The Kier molecular flexibility index (Phi) is 4.73. The summed E-state index contributed by atoms with van der Waals surface area (Å²) in [5.74, 6) is 0.0484. The summed E-state index contributed by atoms with van der Waals surface area (Å²) in [7, 11) is 0. The van der Waals surface area contributed by atoms with E-state index in [1.54, 1.807) is 6.33 Å². The van der Waals surface area contributed by atoms with Gasteiger partial charge in [0.1, 0.15) is 0 Å². The number of aliphatic hydroxyl groups is 1. The van der Waals surface area contributed by atoms with E-state index in [4.69, 9.17) is 0 Å².